The minimum absolute atomic E-state index is 0.0787. The highest BCUT2D eigenvalue weighted by Gasteiger charge is 2.43. The van der Waals surface area contributed by atoms with Crippen molar-refractivity contribution in [3.63, 3.8) is 0 Å². The Kier molecular flexibility index (Phi) is 4.81. The molecule has 1 aromatic carbocycles. The third kappa shape index (κ3) is 4.01. The third-order valence-electron chi connectivity index (χ3n) is 4.94. The van der Waals surface area contributed by atoms with E-state index in [1.807, 2.05) is 30.3 Å². The lowest BCUT2D eigenvalue weighted by Gasteiger charge is -2.53. The van der Waals surface area contributed by atoms with Crippen molar-refractivity contribution in [2.24, 2.45) is 0 Å². The van der Waals surface area contributed by atoms with Gasteiger partial charge in [-0.3, -0.25) is 4.90 Å². The van der Waals surface area contributed by atoms with Gasteiger partial charge in [-0.05, 0) is 53.1 Å². The molecule has 0 saturated carbocycles. The van der Waals surface area contributed by atoms with Gasteiger partial charge in [-0.1, -0.05) is 30.3 Å². The summed E-state index contributed by atoms with van der Waals surface area (Å²) in [6.45, 7) is 9.52. The number of amides is 2. The van der Waals surface area contributed by atoms with Crippen molar-refractivity contribution in [3.05, 3.63) is 35.9 Å². The molecule has 1 heterocycles. The van der Waals surface area contributed by atoms with E-state index in [9.17, 15) is 4.79 Å². The number of likely N-dealkylation sites (tertiary alicyclic amines) is 1. The van der Waals surface area contributed by atoms with E-state index in [0.717, 1.165) is 18.4 Å². The molecule has 1 saturated heterocycles. The molecule has 0 atom stereocenters. The maximum atomic E-state index is 12.2. The van der Waals surface area contributed by atoms with Crippen LogP contribution >= 0.6 is 0 Å². The molecule has 1 aliphatic heterocycles. The van der Waals surface area contributed by atoms with Crippen LogP contribution in [0.25, 0.3) is 0 Å². The van der Waals surface area contributed by atoms with Crippen molar-refractivity contribution in [1.82, 2.24) is 15.5 Å². The summed E-state index contributed by atoms with van der Waals surface area (Å²) in [5.74, 6) is 0. The van der Waals surface area contributed by atoms with Gasteiger partial charge in [0, 0.05) is 23.7 Å². The summed E-state index contributed by atoms with van der Waals surface area (Å²) >= 11 is 0. The van der Waals surface area contributed by atoms with Crippen LogP contribution in [0.5, 0.6) is 0 Å². The maximum absolute atomic E-state index is 12.2. The number of nitrogens with zero attached hydrogens (tertiary/aromatic N) is 1. The third-order valence-corrected chi connectivity index (χ3v) is 4.94. The predicted octanol–water partition coefficient (Wildman–Crippen LogP) is 3.14. The summed E-state index contributed by atoms with van der Waals surface area (Å²) in [6.07, 6.45) is 1.93. The van der Waals surface area contributed by atoms with Crippen molar-refractivity contribution < 1.29 is 4.79 Å². The second kappa shape index (κ2) is 6.29. The molecule has 0 spiro atoms. The van der Waals surface area contributed by atoms with Gasteiger partial charge in [0.25, 0.3) is 0 Å². The summed E-state index contributed by atoms with van der Waals surface area (Å²) in [6, 6.07) is 10.1. The van der Waals surface area contributed by atoms with E-state index < -0.39 is 0 Å². The first-order valence-corrected chi connectivity index (χ1v) is 8.03. The van der Waals surface area contributed by atoms with Crippen LogP contribution in [0, 0.1) is 0 Å². The fraction of sp³-hybridized carbons (Fsp3) is 0.611. The zero-order valence-corrected chi connectivity index (χ0v) is 14.4. The van der Waals surface area contributed by atoms with Crippen LogP contribution in [0.1, 0.15) is 46.1 Å². The first-order valence-electron chi connectivity index (χ1n) is 8.03. The molecule has 0 unspecified atom stereocenters. The van der Waals surface area contributed by atoms with Crippen molar-refractivity contribution in [1.29, 1.82) is 0 Å². The van der Waals surface area contributed by atoms with E-state index in [1.165, 1.54) is 0 Å². The molecule has 0 aliphatic carbocycles. The van der Waals surface area contributed by atoms with Crippen LogP contribution in [0.3, 0.4) is 0 Å². The van der Waals surface area contributed by atoms with Crippen LogP contribution < -0.4 is 10.6 Å². The number of rotatable bonds is 3. The van der Waals surface area contributed by atoms with E-state index in [0.29, 0.717) is 6.54 Å². The molecule has 0 aromatic heterocycles. The monoisotopic (exact) mass is 303 g/mol. The molecule has 1 aliphatic rings. The summed E-state index contributed by atoms with van der Waals surface area (Å²) in [5.41, 5.74) is 1.28. The lowest BCUT2D eigenvalue weighted by Crippen LogP contribution is -2.63. The summed E-state index contributed by atoms with van der Waals surface area (Å²) in [5, 5.41) is 6.09. The van der Waals surface area contributed by atoms with Crippen molar-refractivity contribution >= 4 is 6.03 Å². The number of benzene rings is 1. The smallest absolute Gasteiger partial charge is 0.315 e. The first-order chi connectivity index (χ1) is 10.2. The highest BCUT2D eigenvalue weighted by Crippen LogP contribution is 2.36. The van der Waals surface area contributed by atoms with Gasteiger partial charge in [-0.2, -0.15) is 0 Å². The summed E-state index contributed by atoms with van der Waals surface area (Å²) < 4.78 is 0. The molecule has 1 fully saturated rings. The summed E-state index contributed by atoms with van der Waals surface area (Å²) in [7, 11) is 2.17. The van der Waals surface area contributed by atoms with Gasteiger partial charge in [0.15, 0.2) is 0 Å². The molecule has 2 rings (SSSR count). The first kappa shape index (κ1) is 16.8. The van der Waals surface area contributed by atoms with Crippen molar-refractivity contribution in [2.75, 3.05) is 7.05 Å². The molecule has 1 aromatic rings. The number of urea groups is 1. The van der Waals surface area contributed by atoms with E-state index >= 15 is 0 Å². The van der Waals surface area contributed by atoms with Gasteiger partial charge < -0.3 is 10.6 Å². The number of hydrogen-bond acceptors (Lipinski definition) is 2. The van der Waals surface area contributed by atoms with Gasteiger partial charge in [0.2, 0.25) is 0 Å². The molecule has 122 valence electrons. The summed E-state index contributed by atoms with van der Waals surface area (Å²) in [4.78, 5) is 14.6. The predicted molar refractivity (Wildman–Crippen MR) is 90.8 cm³/mol. The fourth-order valence-electron chi connectivity index (χ4n) is 3.49. The molecule has 4 nitrogen and oxygen atoms in total. The van der Waals surface area contributed by atoms with Gasteiger partial charge in [0.1, 0.15) is 0 Å². The molecule has 4 heteroatoms. The van der Waals surface area contributed by atoms with Gasteiger partial charge in [-0.15, -0.1) is 0 Å². The zero-order valence-electron chi connectivity index (χ0n) is 14.4. The highest BCUT2D eigenvalue weighted by molar-refractivity contribution is 5.74. The molecule has 2 N–H and O–H groups in total. The Morgan fingerprint density at radius 1 is 1.14 bits per heavy atom. The zero-order chi connectivity index (χ0) is 16.4. The van der Waals surface area contributed by atoms with Gasteiger partial charge in [0.05, 0.1) is 0 Å². The molecule has 2 amide bonds. The Morgan fingerprint density at radius 3 is 2.23 bits per heavy atom. The minimum Gasteiger partial charge on any atom is -0.335 e. The number of piperidine rings is 1. The van der Waals surface area contributed by atoms with E-state index in [-0.39, 0.29) is 23.2 Å². The van der Waals surface area contributed by atoms with Crippen LogP contribution in [0.4, 0.5) is 4.79 Å². The van der Waals surface area contributed by atoms with Crippen LogP contribution in [0.2, 0.25) is 0 Å². The second-order valence-electron chi connectivity index (χ2n) is 7.60. The van der Waals surface area contributed by atoms with Crippen LogP contribution in [0.15, 0.2) is 30.3 Å². The Bertz CT molecular complexity index is 492. The lowest BCUT2D eigenvalue weighted by molar-refractivity contribution is -0.0158. The SMILES string of the molecule is CN1C(C)(C)CC(NC(=O)NCc2ccccc2)CC1(C)C. The van der Waals surface area contributed by atoms with Crippen molar-refractivity contribution in [2.45, 2.75) is 64.2 Å². The maximum Gasteiger partial charge on any atom is 0.315 e. The topological polar surface area (TPSA) is 44.4 Å². The van der Waals surface area contributed by atoms with Gasteiger partial charge >= 0.3 is 6.03 Å². The Labute approximate surface area is 134 Å². The molecule has 22 heavy (non-hydrogen) atoms. The Hall–Kier alpha value is -1.55. The number of hydrogen-bond donors (Lipinski definition) is 2. The number of carbonyl (C=O) groups excluding carboxylic acids is 1. The number of nitrogens with one attached hydrogen (secondary N) is 2. The molecular formula is C18H29N3O. The molecule has 0 radical (unpaired) electrons. The van der Waals surface area contributed by atoms with Crippen LogP contribution in [-0.2, 0) is 6.54 Å². The standard InChI is InChI=1S/C18H29N3O/c1-17(2)11-15(12-18(3,4)21(17)5)20-16(22)19-13-14-9-7-6-8-10-14/h6-10,15H,11-13H2,1-5H3,(H2,19,20,22). The second-order valence-corrected chi connectivity index (χ2v) is 7.60. The van der Waals surface area contributed by atoms with Gasteiger partial charge in [-0.25, -0.2) is 4.79 Å². The van der Waals surface area contributed by atoms with Crippen LogP contribution in [-0.4, -0.2) is 35.1 Å². The average Bonchev–Trinajstić information content (AvgIpc) is 2.43. The Balaban J connectivity index is 1.89. The highest BCUT2D eigenvalue weighted by atomic mass is 16.2. The Morgan fingerprint density at radius 2 is 1.68 bits per heavy atom. The largest absolute Gasteiger partial charge is 0.335 e. The average molecular weight is 303 g/mol. The fourth-order valence-corrected chi connectivity index (χ4v) is 3.49. The number of carbonyl (C=O) groups is 1. The normalized spacial score (nSPS) is 21.3. The van der Waals surface area contributed by atoms with E-state index in [2.05, 4.69) is 50.3 Å². The molecule has 0 bridgehead atoms. The van der Waals surface area contributed by atoms with E-state index in [1.54, 1.807) is 0 Å². The van der Waals surface area contributed by atoms with Crippen molar-refractivity contribution in [3.8, 4) is 0 Å². The quantitative estimate of drug-likeness (QED) is 0.901. The lowest BCUT2D eigenvalue weighted by atomic mass is 9.77. The van der Waals surface area contributed by atoms with E-state index in [4.69, 9.17) is 0 Å². The molecular weight excluding hydrogens is 274 g/mol. The minimum atomic E-state index is -0.0787.